The van der Waals surface area contributed by atoms with Gasteiger partial charge in [0.05, 0.1) is 5.25 Å². The van der Waals surface area contributed by atoms with Gasteiger partial charge < -0.3 is 19.2 Å². The predicted octanol–water partition coefficient (Wildman–Crippen LogP) is 3.46. The monoisotopic (exact) mass is 357 g/mol. The van der Waals surface area contributed by atoms with Crippen LogP contribution in [-0.2, 0) is 4.79 Å². The summed E-state index contributed by atoms with van der Waals surface area (Å²) in [6.45, 7) is 2.14. The molecule has 1 aliphatic rings. The molecule has 0 radical (unpaired) electrons. The minimum absolute atomic E-state index is 0.124. The normalized spacial score (nSPS) is 13.8. The maximum Gasteiger partial charge on any atom is 0.259 e. The van der Waals surface area contributed by atoms with Gasteiger partial charge in [-0.05, 0) is 30.7 Å². The molecule has 1 aromatic carbocycles. The summed E-state index contributed by atoms with van der Waals surface area (Å²) in [4.78, 5) is 21.0. The van der Waals surface area contributed by atoms with Crippen LogP contribution in [0.25, 0.3) is 11.2 Å². The minimum atomic E-state index is -0.335. The Labute approximate surface area is 147 Å². The molecule has 0 aliphatic carbocycles. The number of nitrogens with one attached hydrogen (secondary N) is 1. The van der Waals surface area contributed by atoms with E-state index in [0.29, 0.717) is 40.1 Å². The highest BCUT2D eigenvalue weighted by molar-refractivity contribution is 8.00. The Bertz CT molecular complexity index is 894. The van der Waals surface area contributed by atoms with Crippen LogP contribution in [0.1, 0.15) is 13.3 Å². The number of aromatic nitrogens is 2. The average molecular weight is 357 g/mol. The van der Waals surface area contributed by atoms with Crippen LogP contribution in [0.15, 0.2) is 46.2 Å². The maximum absolute atomic E-state index is 12.6. The molecule has 1 amide bonds. The molecule has 1 N–H and O–H groups in total. The van der Waals surface area contributed by atoms with Gasteiger partial charge in [0.15, 0.2) is 22.7 Å². The standard InChI is InChI=1S/C17H15N3O4S/c1-2-14(25-17-20-15-12(24-17)4-3-7-18-15)16(21)19-10-5-6-11-13(8-10)23-9-22-11/h3-8,14H,2,9H2,1H3,(H,19,21)/t14-/m1/s1. The fraction of sp³-hybridized carbons (Fsp3) is 0.235. The molecule has 0 fully saturated rings. The number of hydrogen-bond donors (Lipinski definition) is 1. The van der Waals surface area contributed by atoms with Gasteiger partial charge in [0, 0.05) is 18.0 Å². The van der Waals surface area contributed by atoms with Crippen molar-refractivity contribution in [1.29, 1.82) is 0 Å². The number of nitrogens with zero attached hydrogens (tertiary/aromatic N) is 2. The zero-order chi connectivity index (χ0) is 17.2. The molecule has 8 heteroatoms. The summed E-state index contributed by atoms with van der Waals surface area (Å²) in [5, 5.41) is 2.99. The first-order valence-electron chi connectivity index (χ1n) is 7.81. The van der Waals surface area contributed by atoms with Crippen molar-refractivity contribution in [2.45, 2.75) is 23.8 Å². The van der Waals surface area contributed by atoms with E-state index in [0.717, 1.165) is 0 Å². The first-order chi connectivity index (χ1) is 12.2. The quantitative estimate of drug-likeness (QED) is 0.700. The summed E-state index contributed by atoms with van der Waals surface area (Å²) < 4.78 is 16.2. The number of anilines is 1. The van der Waals surface area contributed by atoms with Crippen molar-refractivity contribution < 1.29 is 18.7 Å². The highest BCUT2D eigenvalue weighted by atomic mass is 32.2. The Hall–Kier alpha value is -2.74. The summed E-state index contributed by atoms with van der Waals surface area (Å²) >= 11 is 1.28. The summed E-state index contributed by atoms with van der Waals surface area (Å²) in [5.41, 5.74) is 1.81. The molecular weight excluding hydrogens is 342 g/mol. The molecule has 0 spiro atoms. The predicted molar refractivity (Wildman–Crippen MR) is 92.9 cm³/mol. The Morgan fingerprint density at radius 1 is 1.32 bits per heavy atom. The van der Waals surface area contributed by atoms with E-state index in [-0.39, 0.29) is 18.0 Å². The van der Waals surface area contributed by atoms with Crippen molar-refractivity contribution in [3.8, 4) is 11.5 Å². The van der Waals surface area contributed by atoms with Crippen molar-refractivity contribution in [3.05, 3.63) is 36.5 Å². The highest BCUT2D eigenvalue weighted by Crippen LogP contribution is 2.35. The number of carbonyl (C=O) groups excluding carboxylic acids is 1. The molecule has 1 atom stereocenters. The van der Waals surface area contributed by atoms with Crippen LogP contribution in [0.2, 0.25) is 0 Å². The molecular formula is C17H15N3O4S. The van der Waals surface area contributed by atoms with Crippen molar-refractivity contribution in [2.24, 2.45) is 0 Å². The molecule has 3 heterocycles. The summed E-state index contributed by atoms with van der Waals surface area (Å²) in [6.07, 6.45) is 2.29. The van der Waals surface area contributed by atoms with Crippen LogP contribution in [0.3, 0.4) is 0 Å². The zero-order valence-corrected chi connectivity index (χ0v) is 14.2. The number of benzene rings is 1. The third-order valence-electron chi connectivity index (χ3n) is 3.69. The van der Waals surface area contributed by atoms with Crippen LogP contribution in [0.5, 0.6) is 11.5 Å². The lowest BCUT2D eigenvalue weighted by Gasteiger charge is -2.13. The molecule has 128 valence electrons. The number of thioether (sulfide) groups is 1. The van der Waals surface area contributed by atoms with E-state index in [1.165, 1.54) is 11.8 Å². The second-order valence-corrected chi connectivity index (χ2v) is 6.53. The third-order valence-corrected chi connectivity index (χ3v) is 4.90. The van der Waals surface area contributed by atoms with Gasteiger partial charge in [-0.1, -0.05) is 18.7 Å². The highest BCUT2D eigenvalue weighted by Gasteiger charge is 2.22. The molecule has 0 unspecified atom stereocenters. The SMILES string of the molecule is CC[C@@H](Sc1nc2ncccc2o1)C(=O)Nc1ccc2c(c1)OCO2. The lowest BCUT2D eigenvalue weighted by Crippen LogP contribution is -2.24. The van der Waals surface area contributed by atoms with Gasteiger partial charge in [-0.25, -0.2) is 4.98 Å². The molecule has 1 aliphatic heterocycles. The van der Waals surface area contributed by atoms with Gasteiger partial charge in [0.1, 0.15) is 0 Å². The number of amides is 1. The van der Waals surface area contributed by atoms with Gasteiger partial charge in [0.2, 0.25) is 12.7 Å². The molecule has 0 saturated carbocycles. The van der Waals surface area contributed by atoms with Crippen molar-refractivity contribution >= 4 is 34.6 Å². The number of pyridine rings is 1. The maximum atomic E-state index is 12.6. The molecule has 25 heavy (non-hydrogen) atoms. The Morgan fingerprint density at radius 2 is 2.20 bits per heavy atom. The number of ether oxygens (including phenoxy) is 2. The summed E-state index contributed by atoms with van der Waals surface area (Å²) in [5.74, 6) is 1.18. The van der Waals surface area contributed by atoms with E-state index < -0.39 is 0 Å². The van der Waals surface area contributed by atoms with Gasteiger partial charge in [-0.15, -0.1) is 0 Å². The number of hydrogen-bond acceptors (Lipinski definition) is 7. The molecule has 4 rings (SSSR count). The summed E-state index contributed by atoms with van der Waals surface area (Å²) in [7, 11) is 0. The van der Waals surface area contributed by atoms with Crippen molar-refractivity contribution in [2.75, 3.05) is 12.1 Å². The Balaban J connectivity index is 1.47. The second kappa shape index (κ2) is 6.64. The van der Waals surface area contributed by atoms with Crippen LogP contribution >= 0.6 is 11.8 Å². The molecule has 0 saturated heterocycles. The van der Waals surface area contributed by atoms with Crippen LogP contribution in [0, 0.1) is 0 Å². The van der Waals surface area contributed by atoms with E-state index in [1.54, 1.807) is 36.5 Å². The van der Waals surface area contributed by atoms with E-state index in [9.17, 15) is 4.79 Å². The minimum Gasteiger partial charge on any atom is -0.454 e. The van der Waals surface area contributed by atoms with Crippen molar-refractivity contribution in [1.82, 2.24) is 9.97 Å². The number of rotatable bonds is 5. The number of carbonyl (C=O) groups is 1. The first kappa shape index (κ1) is 15.8. The second-order valence-electron chi connectivity index (χ2n) is 5.38. The van der Waals surface area contributed by atoms with Crippen LogP contribution in [-0.4, -0.2) is 27.9 Å². The average Bonchev–Trinajstić information content (AvgIpc) is 3.24. The number of fused-ring (bicyclic) bond motifs is 2. The Kier molecular flexibility index (Phi) is 4.19. The molecule has 3 aromatic rings. The largest absolute Gasteiger partial charge is 0.454 e. The molecule has 7 nitrogen and oxygen atoms in total. The van der Waals surface area contributed by atoms with E-state index in [2.05, 4.69) is 15.3 Å². The smallest absolute Gasteiger partial charge is 0.259 e. The van der Waals surface area contributed by atoms with E-state index >= 15 is 0 Å². The zero-order valence-electron chi connectivity index (χ0n) is 13.4. The van der Waals surface area contributed by atoms with E-state index in [1.807, 2.05) is 6.92 Å². The van der Waals surface area contributed by atoms with Crippen molar-refractivity contribution in [3.63, 3.8) is 0 Å². The van der Waals surface area contributed by atoms with Crippen LogP contribution < -0.4 is 14.8 Å². The third kappa shape index (κ3) is 3.25. The lowest BCUT2D eigenvalue weighted by atomic mass is 10.2. The Morgan fingerprint density at radius 3 is 3.04 bits per heavy atom. The topological polar surface area (TPSA) is 86.5 Å². The molecule has 2 aromatic heterocycles. The summed E-state index contributed by atoms with van der Waals surface area (Å²) in [6, 6.07) is 8.89. The van der Waals surface area contributed by atoms with Gasteiger partial charge in [-0.3, -0.25) is 4.79 Å². The van der Waals surface area contributed by atoms with Crippen LogP contribution in [0.4, 0.5) is 5.69 Å². The lowest BCUT2D eigenvalue weighted by molar-refractivity contribution is -0.115. The van der Waals surface area contributed by atoms with E-state index in [4.69, 9.17) is 13.9 Å². The number of oxazole rings is 1. The van der Waals surface area contributed by atoms with Gasteiger partial charge in [0.25, 0.3) is 5.22 Å². The molecule has 0 bridgehead atoms. The first-order valence-corrected chi connectivity index (χ1v) is 8.69. The fourth-order valence-electron chi connectivity index (χ4n) is 2.44. The van der Waals surface area contributed by atoms with Gasteiger partial charge in [-0.2, -0.15) is 4.98 Å². The van der Waals surface area contributed by atoms with Gasteiger partial charge >= 0.3 is 0 Å². The fourth-order valence-corrected chi connectivity index (χ4v) is 3.29.